The maximum Gasteiger partial charge on any atom is 0.337 e. The van der Waals surface area contributed by atoms with E-state index in [1.54, 1.807) is 25.1 Å². The Morgan fingerprint density at radius 2 is 2.26 bits per heavy atom. The number of carboxylic acid groups (broad SMARTS) is 1. The molecule has 19 heavy (non-hydrogen) atoms. The lowest BCUT2D eigenvalue weighted by atomic mass is 9.99. The molecule has 5 nitrogen and oxygen atoms in total. The van der Waals surface area contributed by atoms with Gasteiger partial charge in [0.05, 0.1) is 17.7 Å². The predicted octanol–water partition coefficient (Wildman–Crippen LogP) is 2.02. The number of carboxylic acids is 1. The van der Waals surface area contributed by atoms with Gasteiger partial charge in [-0.3, -0.25) is 0 Å². The molecule has 0 aliphatic carbocycles. The van der Waals surface area contributed by atoms with Crippen molar-refractivity contribution < 1.29 is 19.7 Å². The summed E-state index contributed by atoms with van der Waals surface area (Å²) >= 11 is 0. The number of aliphatic hydroxyl groups is 1. The first-order chi connectivity index (χ1) is 9.04. The smallest absolute Gasteiger partial charge is 0.337 e. The lowest BCUT2D eigenvalue weighted by Gasteiger charge is -2.29. The van der Waals surface area contributed by atoms with E-state index in [1.165, 1.54) is 6.20 Å². The molecule has 0 saturated carbocycles. The van der Waals surface area contributed by atoms with E-state index in [-0.39, 0.29) is 12.2 Å². The fraction of sp³-hybridized carbons (Fsp3) is 0.214. The van der Waals surface area contributed by atoms with Crippen LogP contribution in [0.5, 0.6) is 5.75 Å². The number of aliphatic hydroxyl groups excluding tert-OH is 1. The zero-order chi connectivity index (χ0) is 13.6. The van der Waals surface area contributed by atoms with Crippen molar-refractivity contribution in [1.82, 2.24) is 4.98 Å². The highest BCUT2D eigenvalue weighted by Crippen LogP contribution is 2.36. The number of carbonyl (C=O) groups is 1. The summed E-state index contributed by atoms with van der Waals surface area (Å²) < 4.78 is 5.74. The Bertz CT molecular complexity index is 701. The number of aromatic nitrogens is 1. The van der Waals surface area contributed by atoms with Gasteiger partial charge in [-0.2, -0.15) is 0 Å². The van der Waals surface area contributed by atoms with Crippen LogP contribution in [0.4, 0.5) is 0 Å². The lowest BCUT2D eigenvalue weighted by Crippen LogP contribution is -2.35. The number of ether oxygens (including phenoxy) is 1. The third kappa shape index (κ3) is 1.70. The van der Waals surface area contributed by atoms with E-state index in [1.807, 2.05) is 6.08 Å². The second kappa shape index (κ2) is 3.86. The zero-order valence-electron chi connectivity index (χ0n) is 10.3. The Kier molecular flexibility index (Phi) is 2.40. The number of benzene rings is 1. The summed E-state index contributed by atoms with van der Waals surface area (Å²) in [5.41, 5.74) is 1.03. The summed E-state index contributed by atoms with van der Waals surface area (Å²) in [6.45, 7) is 1.67. The second-order valence-electron chi connectivity index (χ2n) is 4.81. The Balaban J connectivity index is 2.20. The highest BCUT2D eigenvalue weighted by molar-refractivity contribution is 6.06. The molecule has 0 fully saturated rings. The number of aromatic amines is 1. The Hall–Kier alpha value is -2.27. The average Bonchev–Trinajstić information content (AvgIpc) is 2.82. The predicted molar refractivity (Wildman–Crippen MR) is 70.4 cm³/mol. The van der Waals surface area contributed by atoms with Gasteiger partial charge in [-0.25, -0.2) is 4.79 Å². The van der Waals surface area contributed by atoms with Gasteiger partial charge in [0.15, 0.2) is 0 Å². The fourth-order valence-corrected chi connectivity index (χ4v) is 2.26. The molecule has 1 atom stereocenters. The minimum atomic E-state index is -0.966. The Morgan fingerprint density at radius 3 is 2.95 bits per heavy atom. The molecular formula is C14H13NO4. The summed E-state index contributed by atoms with van der Waals surface area (Å²) in [7, 11) is 0. The van der Waals surface area contributed by atoms with Gasteiger partial charge in [0, 0.05) is 17.1 Å². The summed E-state index contributed by atoms with van der Waals surface area (Å²) in [5.74, 6) is -0.336. The zero-order valence-corrected chi connectivity index (χ0v) is 10.3. The van der Waals surface area contributed by atoms with E-state index in [0.29, 0.717) is 11.1 Å². The molecule has 0 spiro atoms. The van der Waals surface area contributed by atoms with Crippen molar-refractivity contribution in [2.45, 2.75) is 12.5 Å². The van der Waals surface area contributed by atoms with Crippen LogP contribution in [0.1, 0.15) is 22.8 Å². The molecule has 0 amide bonds. The van der Waals surface area contributed by atoms with Crippen LogP contribution in [0, 0.1) is 0 Å². The van der Waals surface area contributed by atoms with Crippen molar-refractivity contribution in [1.29, 1.82) is 0 Å². The van der Waals surface area contributed by atoms with Gasteiger partial charge in [-0.1, -0.05) is 0 Å². The maximum absolute atomic E-state index is 11.1. The van der Waals surface area contributed by atoms with Crippen molar-refractivity contribution in [3.63, 3.8) is 0 Å². The van der Waals surface area contributed by atoms with Gasteiger partial charge < -0.3 is 19.9 Å². The molecule has 3 N–H and O–H groups in total. The van der Waals surface area contributed by atoms with E-state index in [0.717, 1.165) is 11.1 Å². The maximum atomic E-state index is 11.1. The molecule has 1 aliphatic rings. The molecule has 0 bridgehead atoms. The van der Waals surface area contributed by atoms with E-state index >= 15 is 0 Å². The van der Waals surface area contributed by atoms with Crippen LogP contribution in [-0.4, -0.2) is 33.4 Å². The molecule has 0 radical (unpaired) electrons. The van der Waals surface area contributed by atoms with Crippen LogP contribution in [0.15, 0.2) is 24.4 Å². The number of fused-ring (bicyclic) bond motifs is 3. The van der Waals surface area contributed by atoms with E-state index < -0.39 is 11.6 Å². The van der Waals surface area contributed by atoms with Gasteiger partial charge in [0.25, 0.3) is 0 Å². The van der Waals surface area contributed by atoms with Crippen LogP contribution < -0.4 is 4.74 Å². The number of H-pyrrole nitrogens is 1. The first-order valence-electron chi connectivity index (χ1n) is 5.90. The monoisotopic (exact) mass is 259 g/mol. The summed E-state index contributed by atoms with van der Waals surface area (Å²) in [6.07, 6.45) is 5.09. The summed E-state index contributed by atoms with van der Waals surface area (Å²) in [5, 5.41) is 19.0. The minimum Gasteiger partial charge on any atom is -0.480 e. The van der Waals surface area contributed by atoms with Gasteiger partial charge in [-0.15, -0.1) is 0 Å². The average molecular weight is 259 g/mol. The lowest BCUT2D eigenvalue weighted by molar-refractivity contribution is 0.0642. The SMILES string of the molecule is C[C@@]1(CO)C=Cc2c(ccc3c(C(=O)O)c[nH]c23)O1. The highest BCUT2D eigenvalue weighted by atomic mass is 16.5. The van der Waals surface area contributed by atoms with Gasteiger partial charge in [0.1, 0.15) is 11.4 Å². The topological polar surface area (TPSA) is 82.5 Å². The van der Waals surface area contributed by atoms with Crippen LogP contribution in [0.3, 0.4) is 0 Å². The van der Waals surface area contributed by atoms with Crippen molar-refractivity contribution in [3.8, 4) is 5.75 Å². The second-order valence-corrected chi connectivity index (χ2v) is 4.81. The molecule has 2 heterocycles. The largest absolute Gasteiger partial charge is 0.480 e. The van der Waals surface area contributed by atoms with E-state index in [9.17, 15) is 9.90 Å². The van der Waals surface area contributed by atoms with Crippen molar-refractivity contribution in [3.05, 3.63) is 35.5 Å². The fourth-order valence-electron chi connectivity index (χ4n) is 2.26. The molecule has 0 unspecified atom stereocenters. The molecule has 1 aromatic carbocycles. The standard InChI is InChI=1S/C14H13NO4/c1-14(7-16)5-4-9-11(19-14)3-2-8-10(13(17)18)6-15-12(8)9/h2-6,15-16H,7H2,1H3,(H,17,18)/t14-/m0/s1. The first kappa shape index (κ1) is 11.8. The van der Waals surface area contributed by atoms with Crippen LogP contribution in [-0.2, 0) is 0 Å². The molecule has 0 saturated heterocycles. The molecular weight excluding hydrogens is 246 g/mol. The number of hydrogen-bond donors (Lipinski definition) is 3. The number of nitrogens with one attached hydrogen (secondary N) is 1. The molecule has 2 aromatic rings. The van der Waals surface area contributed by atoms with Crippen LogP contribution >= 0.6 is 0 Å². The molecule has 3 rings (SSSR count). The third-order valence-electron chi connectivity index (χ3n) is 3.35. The van der Waals surface area contributed by atoms with Crippen molar-refractivity contribution >= 4 is 22.9 Å². The molecule has 1 aromatic heterocycles. The Morgan fingerprint density at radius 1 is 1.47 bits per heavy atom. The van der Waals surface area contributed by atoms with Crippen molar-refractivity contribution in [2.75, 3.05) is 6.61 Å². The van der Waals surface area contributed by atoms with E-state index in [2.05, 4.69) is 4.98 Å². The van der Waals surface area contributed by atoms with Gasteiger partial charge in [0.2, 0.25) is 0 Å². The Labute approximate surface area is 109 Å². The van der Waals surface area contributed by atoms with E-state index in [4.69, 9.17) is 9.84 Å². The van der Waals surface area contributed by atoms with Gasteiger partial charge in [-0.05, 0) is 31.2 Å². The minimum absolute atomic E-state index is 0.119. The normalized spacial score (nSPS) is 21.2. The van der Waals surface area contributed by atoms with Gasteiger partial charge >= 0.3 is 5.97 Å². The quantitative estimate of drug-likeness (QED) is 0.770. The summed E-state index contributed by atoms with van der Waals surface area (Å²) in [4.78, 5) is 14.1. The first-order valence-corrected chi connectivity index (χ1v) is 5.90. The summed E-state index contributed by atoms with van der Waals surface area (Å²) in [6, 6.07) is 3.44. The number of hydrogen-bond acceptors (Lipinski definition) is 3. The van der Waals surface area contributed by atoms with Crippen LogP contribution in [0.25, 0.3) is 17.0 Å². The molecule has 98 valence electrons. The number of rotatable bonds is 2. The van der Waals surface area contributed by atoms with Crippen LogP contribution in [0.2, 0.25) is 0 Å². The molecule has 1 aliphatic heterocycles. The van der Waals surface area contributed by atoms with Crippen molar-refractivity contribution in [2.24, 2.45) is 0 Å². The molecule has 5 heteroatoms. The third-order valence-corrected chi connectivity index (χ3v) is 3.35. The number of aromatic carboxylic acids is 1. The highest BCUT2D eigenvalue weighted by Gasteiger charge is 2.28.